The van der Waals surface area contributed by atoms with Crippen LogP contribution in [0.1, 0.15) is 46.1 Å². The number of para-hydroxylation sites is 2. The van der Waals surface area contributed by atoms with Gasteiger partial charge in [-0.3, -0.25) is 9.59 Å². The van der Waals surface area contributed by atoms with Crippen molar-refractivity contribution in [3.05, 3.63) is 65.0 Å². The molecule has 2 aromatic carbocycles. The van der Waals surface area contributed by atoms with Crippen LogP contribution in [0.15, 0.2) is 46.9 Å². The Bertz CT molecular complexity index is 1020. The van der Waals surface area contributed by atoms with E-state index >= 15 is 0 Å². The molecule has 0 saturated carbocycles. The molecule has 1 N–H and O–H groups in total. The van der Waals surface area contributed by atoms with Crippen LogP contribution in [0.25, 0.3) is 11.1 Å². The van der Waals surface area contributed by atoms with Gasteiger partial charge >= 0.3 is 0 Å². The highest BCUT2D eigenvalue weighted by Crippen LogP contribution is 2.29. The van der Waals surface area contributed by atoms with E-state index in [1.807, 2.05) is 50.2 Å². The van der Waals surface area contributed by atoms with Gasteiger partial charge in [-0.25, -0.2) is 4.98 Å². The lowest BCUT2D eigenvalue weighted by molar-refractivity contribution is -0.131. The summed E-state index contributed by atoms with van der Waals surface area (Å²) in [4.78, 5) is 31.2. The molecule has 1 fully saturated rings. The fraction of sp³-hybridized carbons (Fsp3) is 0.348. The van der Waals surface area contributed by atoms with E-state index in [9.17, 15) is 9.59 Å². The Morgan fingerprint density at radius 3 is 2.59 bits per heavy atom. The number of aryl methyl sites for hydroxylation is 2. The number of nitrogens with one attached hydrogen (secondary N) is 1. The zero-order valence-electron chi connectivity index (χ0n) is 16.8. The van der Waals surface area contributed by atoms with Crippen LogP contribution in [0.5, 0.6) is 0 Å². The Morgan fingerprint density at radius 1 is 1.10 bits per heavy atom. The molecule has 4 rings (SSSR count). The molecule has 29 heavy (non-hydrogen) atoms. The first kappa shape index (κ1) is 19.2. The number of carbonyl (C=O) groups excluding carboxylic acids is 2. The smallest absolute Gasteiger partial charge is 0.251 e. The summed E-state index contributed by atoms with van der Waals surface area (Å²) in [6, 6.07) is 13.3. The lowest BCUT2D eigenvalue weighted by atomic mass is 9.97. The van der Waals surface area contributed by atoms with Crippen molar-refractivity contribution in [2.24, 2.45) is 0 Å². The minimum Gasteiger partial charge on any atom is -0.440 e. The van der Waals surface area contributed by atoms with Crippen molar-refractivity contribution in [3.8, 4) is 0 Å². The molecular weight excluding hydrogens is 366 g/mol. The monoisotopic (exact) mass is 391 g/mol. The summed E-state index contributed by atoms with van der Waals surface area (Å²) in [7, 11) is 0. The van der Waals surface area contributed by atoms with Crippen molar-refractivity contribution in [3.63, 3.8) is 0 Å². The number of piperidine rings is 1. The molecule has 1 aliphatic rings. The molecular formula is C23H25N3O3. The number of nitrogens with zero attached hydrogens (tertiary/aromatic N) is 2. The van der Waals surface area contributed by atoms with Gasteiger partial charge in [0.15, 0.2) is 11.5 Å². The summed E-state index contributed by atoms with van der Waals surface area (Å²) in [6.45, 7) is 5.27. The van der Waals surface area contributed by atoms with Crippen LogP contribution in [-0.4, -0.2) is 41.3 Å². The van der Waals surface area contributed by atoms with Gasteiger partial charge in [-0.05, 0) is 62.1 Å². The first-order chi connectivity index (χ1) is 14.0. The fourth-order valence-corrected chi connectivity index (χ4v) is 3.69. The van der Waals surface area contributed by atoms with E-state index in [2.05, 4.69) is 10.3 Å². The number of oxazole rings is 1. The summed E-state index contributed by atoms with van der Waals surface area (Å²) in [5.74, 6) is 0.693. The lowest BCUT2D eigenvalue weighted by Crippen LogP contribution is -2.43. The third-order valence-corrected chi connectivity index (χ3v) is 5.68. The van der Waals surface area contributed by atoms with Gasteiger partial charge in [0.1, 0.15) is 5.52 Å². The summed E-state index contributed by atoms with van der Waals surface area (Å²) in [6.07, 6.45) is 1.62. The van der Waals surface area contributed by atoms with Gasteiger partial charge in [0, 0.05) is 24.6 Å². The van der Waals surface area contributed by atoms with Crippen molar-refractivity contribution in [2.75, 3.05) is 19.6 Å². The average molecular weight is 391 g/mol. The highest BCUT2D eigenvalue weighted by molar-refractivity contribution is 5.96. The molecule has 0 unspecified atom stereocenters. The van der Waals surface area contributed by atoms with Gasteiger partial charge in [0.05, 0.1) is 6.54 Å². The number of likely N-dealkylation sites (tertiary alicyclic amines) is 1. The van der Waals surface area contributed by atoms with E-state index in [-0.39, 0.29) is 24.3 Å². The van der Waals surface area contributed by atoms with Crippen molar-refractivity contribution in [1.82, 2.24) is 15.2 Å². The molecule has 2 amide bonds. The number of fused-ring (bicyclic) bond motifs is 1. The molecule has 0 atom stereocenters. The highest BCUT2D eigenvalue weighted by Gasteiger charge is 2.27. The first-order valence-electron chi connectivity index (χ1n) is 10.00. The maximum Gasteiger partial charge on any atom is 0.251 e. The second-order valence-electron chi connectivity index (χ2n) is 7.66. The Kier molecular flexibility index (Phi) is 5.34. The molecule has 1 aliphatic heterocycles. The number of benzene rings is 2. The third-order valence-electron chi connectivity index (χ3n) is 5.68. The second-order valence-corrected chi connectivity index (χ2v) is 7.66. The Hall–Kier alpha value is -3.15. The molecule has 0 spiro atoms. The zero-order chi connectivity index (χ0) is 20.4. The number of carbonyl (C=O) groups is 2. The van der Waals surface area contributed by atoms with Crippen LogP contribution < -0.4 is 5.32 Å². The van der Waals surface area contributed by atoms with Crippen molar-refractivity contribution >= 4 is 22.9 Å². The lowest BCUT2D eigenvalue weighted by Gasteiger charge is -2.30. The van der Waals surface area contributed by atoms with E-state index < -0.39 is 0 Å². The van der Waals surface area contributed by atoms with Gasteiger partial charge in [-0.1, -0.05) is 18.2 Å². The van der Waals surface area contributed by atoms with Gasteiger partial charge < -0.3 is 14.6 Å². The van der Waals surface area contributed by atoms with E-state index in [0.717, 1.165) is 41.0 Å². The SMILES string of the molecule is Cc1ccc(C(=O)NCC(=O)N2CCC(c3nc4ccccc4o3)CC2)cc1C. The predicted octanol–water partition coefficient (Wildman–Crippen LogP) is 3.58. The standard InChI is InChI=1S/C23H25N3O3/c1-15-7-8-18(13-16(15)2)22(28)24-14-21(27)26-11-9-17(10-12-26)23-25-19-5-3-4-6-20(19)29-23/h3-8,13,17H,9-12,14H2,1-2H3,(H,24,28). The fourth-order valence-electron chi connectivity index (χ4n) is 3.69. The topological polar surface area (TPSA) is 75.4 Å². The normalized spacial score (nSPS) is 14.9. The number of aromatic nitrogens is 1. The predicted molar refractivity (Wildman–Crippen MR) is 111 cm³/mol. The van der Waals surface area contributed by atoms with Gasteiger partial charge in [-0.2, -0.15) is 0 Å². The summed E-state index contributed by atoms with van der Waals surface area (Å²) < 4.78 is 5.88. The molecule has 6 nitrogen and oxygen atoms in total. The van der Waals surface area contributed by atoms with Gasteiger partial charge in [0.25, 0.3) is 5.91 Å². The summed E-state index contributed by atoms with van der Waals surface area (Å²) >= 11 is 0. The molecule has 1 aromatic heterocycles. The molecule has 150 valence electrons. The quantitative estimate of drug-likeness (QED) is 0.738. The highest BCUT2D eigenvalue weighted by atomic mass is 16.3. The molecule has 0 aliphatic carbocycles. The minimum atomic E-state index is -0.220. The van der Waals surface area contributed by atoms with Crippen LogP contribution in [0.4, 0.5) is 0 Å². The maximum absolute atomic E-state index is 12.5. The first-order valence-corrected chi connectivity index (χ1v) is 10.00. The average Bonchev–Trinajstić information content (AvgIpc) is 3.18. The zero-order valence-corrected chi connectivity index (χ0v) is 16.8. The van der Waals surface area contributed by atoms with E-state index in [0.29, 0.717) is 18.7 Å². The number of amides is 2. The Labute approximate surface area is 169 Å². The van der Waals surface area contributed by atoms with Crippen molar-refractivity contribution < 1.29 is 14.0 Å². The summed E-state index contributed by atoms with van der Waals surface area (Å²) in [5, 5.41) is 2.74. The molecule has 2 heterocycles. The maximum atomic E-state index is 12.5. The molecule has 6 heteroatoms. The largest absolute Gasteiger partial charge is 0.440 e. The molecule has 0 radical (unpaired) electrons. The Balaban J connectivity index is 1.29. The molecule has 3 aromatic rings. The molecule has 0 bridgehead atoms. The van der Waals surface area contributed by atoms with E-state index in [1.54, 1.807) is 11.0 Å². The van der Waals surface area contributed by atoms with E-state index in [1.165, 1.54) is 0 Å². The van der Waals surface area contributed by atoms with Crippen molar-refractivity contribution in [2.45, 2.75) is 32.6 Å². The van der Waals surface area contributed by atoms with Crippen LogP contribution in [0.3, 0.4) is 0 Å². The van der Waals surface area contributed by atoms with Crippen LogP contribution >= 0.6 is 0 Å². The van der Waals surface area contributed by atoms with Crippen LogP contribution in [0, 0.1) is 13.8 Å². The van der Waals surface area contributed by atoms with Gasteiger partial charge in [0.2, 0.25) is 5.91 Å². The number of hydrogen-bond acceptors (Lipinski definition) is 4. The van der Waals surface area contributed by atoms with Crippen molar-refractivity contribution in [1.29, 1.82) is 0 Å². The third kappa shape index (κ3) is 4.16. The van der Waals surface area contributed by atoms with Gasteiger partial charge in [-0.15, -0.1) is 0 Å². The number of hydrogen-bond donors (Lipinski definition) is 1. The number of rotatable bonds is 4. The summed E-state index contributed by atoms with van der Waals surface area (Å²) in [5.41, 5.74) is 4.45. The molecule has 1 saturated heterocycles. The Morgan fingerprint density at radius 2 is 1.86 bits per heavy atom. The minimum absolute atomic E-state index is 0.0132. The van der Waals surface area contributed by atoms with E-state index in [4.69, 9.17) is 4.42 Å². The van der Waals surface area contributed by atoms with Crippen LogP contribution in [0.2, 0.25) is 0 Å². The van der Waals surface area contributed by atoms with Crippen LogP contribution in [-0.2, 0) is 4.79 Å². The second kappa shape index (κ2) is 8.07.